The van der Waals surface area contributed by atoms with Crippen LogP contribution in [0, 0.1) is 0 Å². The molecule has 0 aromatic carbocycles. The molecule has 0 amide bonds. The van der Waals surface area contributed by atoms with Crippen LogP contribution in [-0.4, -0.2) is 24.9 Å². The summed E-state index contributed by atoms with van der Waals surface area (Å²) in [5, 5.41) is 17.4. The molecule has 0 unspecified atom stereocenters. The van der Waals surface area contributed by atoms with Crippen molar-refractivity contribution in [2.75, 3.05) is 0 Å². The number of hydrogen-bond donors (Lipinski definition) is 2. The summed E-state index contributed by atoms with van der Waals surface area (Å²) in [5.74, 6) is 0. The van der Waals surface area contributed by atoms with E-state index >= 15 is 0 Å². The molecule has 0 bridgehead atoms. The first-order valence-electron chi connectivity index (χ1n) is 6.60. The molecule has 3 nitrogen and oxygen atoms in total. The van der Waals surface area contributed by atoms with Crippen molar-refractivity contribution < 1.29 is 14.6 Å². The van der Waals surface area contributed by atoms with Crippen LogP contribution in [0.4, 0.5) is 0 Å². The van der Waals surface area contributed by atoms with Crippen LogP contribution in [0.15, 0.2) is 0 Å². The molecule has 0 spiro atoms. The Kier molecular flexibility index (Phi) is 13.1. The molecule has 0 saturated heterocycles. The summed E-state index contributed by atoms with van der Waals surface area (Å²) >= 11 is 0. The van der Waals surface area contributed by atoms with Gasteiger partial charge in [-0.2, -0.15) is 0 Å². The normalized spacial score (nSPS) is 10.4. The Morgan fingerprint density at radius 2 is 1.44 bits per heavy atom. The van der Waals surface area contributed by atoms with Gasteiger partial charge in [0.15, 0.2) is 0 Å². The Morgan fingerprint density at radius 3 is 1.94 bits per heavy atom. The zero-order chi connectivity index (χ0) is 12.1. The number of rotatable bonds is 12. The average molecular weight is 227 g/mol. The Labute approximate surface area is 101 Å². The van der Waals surface area contributed by atoms with E-state index in [2.05, 4.69) is 11.5 Å². The second-order valence-electron chi connectivity index (χ2n) is 4.31. The molecular weight excluding hydrogens is 202 g/mol. The van der Waals surface area contributed by atoms with E-state index in [9.17, 15) is 0 Å². The van der Waals surface area contributed by atoms with E-state index in [4.69, 9.17) is 10.0 Å². The van der Waals surface area contributed by atoms with E-state index in [0.717, 1.165) is 12.8 Å². The van der Waals surface area contributed by atoms with Crippen LogP contribution in [0.25, 0.3) is 0 Å². The molecule has 0 aliphatic heterocycles. The van der Waals surface area contributed by atoms with E-state index < -0.39 is 7.12 Å². The maximum Gasteiger partial charge on any atom is 0.470 e. The maximum absolute atomic E-state index is 9.14. The third-order valence-corrected chi connectivity index (χ3v) is 2.77. The Hall–Kier alpha value is 0.00987. The van der Waals surface area contributed by atoms with Gasteiger partial charge in [0.2, 0.25) is 0 Å². The molecule has 16 heavy (non-hydrogen) atoms. The monoisotopic (exact) mass is 227 g/mol. The second kappa shape index (κ2) is 13.1. The standard InChI is InChI=1S/C11H25B2O3/c1-2-3-4-5-6-7-8-9-10-11-13(15)16-12-14/h14-15H,2-11H2,1H3. The highest BCUT2D eigenvalue weighted by atomic mass is 16.5. The molecule has 2 N–H and O–H groups in total. The van der Waals surface area contributed by atoms with Crippen LogP contribution < -0.4 is 0 Å². The second-order valence-corrected chi connectivity index (χ2v) is 4.31. The van der Waals surface area contributed by atoms with E-state index in [1.54, 1.807) is 0 Å². The Morgan fingerprint density at radius 1 is 0.938 bits per heavy atom. The zero-order valence-electron chi connectivity index (χ0n) is 10.5. The predicted octanol–water partition coefficient (Wildman–Crippen LogP) is 2.54. The predicted molar refractivity (Wildman–Crippen MR) is 69.1 cm³/mol. The molecule has 1 radical (unpaired) electrons. The smallest absolute Gasteiger partial charge is 0.453 e. The highest BCUT2D eigenvalue weighted by Gasteiger charge is 2.11. The molecule has 0 fully saturated rings. The van der Waals surface area contributed by atoms with Gasteiger partial charge >= 0.3 is 14.8 Å². The Bertz CT molecular complexity index is 136. The number of unbranched alkanes of at least 4 members (excludes halogenated alkanes) is 8. The lowest BCUT2D eigenvalue weighted by Crippen LogP contribution is -2.19. The minimum absolute atomic E-state index is 0.554. The van der Waals surface area contributed by atoms with Crippen LogP contribution in [0.2, 0.25) is 6.32 Å². The van der Waals surface area contributed by atoms with Gasteiger partial charge < -0.3 is 14.6 Å². The first-order valence-corrected chi connectivity index (χ1v) is 6.60. The molecule has 0 saturated carbocycles. The third-order valence-electron chi connectivity index (χ3n) is 2.77. The quantitative estimate of drug-likeness (QED) is 0.397. The molecule has 0 heterocycles. The van der Waals surface area contributed by atoms with Crippen LogP contribution in [0.5, 0.6) is 0 Å². The molecule has 0 aromatic heterocycles. The van der Waals surface area contributed by atoms with Crippen molar-refractivity contribution in [3.63, 3.8) is 0 Å². The minimum atomic E-state index is -0.838. The van der Waals surface area contributed by atoms with Crippen molar-refractivity contribution >= 4 is 14.8 Å². The van der Waals surface area contributed by atoms with Crippen LogP contribution in [0.3, 0.4) is 0 Å². The lowest BCUT2D eigenvalue weighted by Gasteiger charge is -2.04. The molecule has 0 aliphatic carbocycles. The maximum atomic E-state index is 9.14. The van der Waals surface area contributed by atoms with Crippen LogP contribution in [0.1, 0.15) is 64.7 Å². The fourth-order valence-electron chi connectivity index (χ4n) is 1.77. The van der Waals surface area contributed by atoms with Gasteiger partial charge in [-0.05, 0) is 6.32 Å². The van der Waals surface area contributed by atoms with Crippen molar-refractivity contribution in [2.45, 2.75) is 71.0 Å². The largest absolute Gasteiger partial charge is 0.470 e. The van der Waals surface area contributed by atoms with Gasteiger partial charge in [-0.1, -0.05) is 64.7 Å². The third kappa shape index (κ3) is 12.1. The van der Waals surface area contributed by atoms with Gasteiger partial charge in [0, 0.05) is 0 Å². The summed E-state index contributed by atoms with van der Waals surface area (Å²) in [6.45, 7) is 2.23. The van der Waals surface area contributed by atoms with E-state index in [0.29, 0.717) is 14.0 Å². The van der Waals surface area contributed by atoms with Gasteiger partial charge in [-0.3, -0.25) is 0 Å². The fraction of sp³-hybridized carbons (Fsp3) is 1.00. The molecule has 5 heteroatoms. The van der Waals surface area contributed by atoms with E-state index in [-0.39, 0.29) is 0 Å². The van der Waals surface area contributed by atoms with E-state index in [1.807, 2.05) is 0 Å². The topological polar surface area (TPSA) is 49.7 Å². The van der Waals surface area contributed by atoms with Gasteiger partial charge in [0.25, 0.3) is 0 Å². The van der Waals surface area contributed by atoms with Gasteiger partial charge in [-0.15, -0.1) is 0 Å². The van der Waals surface area contributed by atoms with Gasteiger partial charge in [-0.25, -0.2) is 0 Å². The highest BCUT2D eigenvalue weighted by molar-refractivity contribution is 6.49. The molecule has 0 aromatic rings. The first-order chi connectivity index (χ1) is 7.81. The van der Waals surface area contributed by atoms with Crippen molar-refractivity contribution in [2.24, 2.45) is 0 Å². The van der Waals surface area contributed by atoms with Crippen molar-refractivity contribution in [1.82, 2.24) is 0 Å². The van der Waals surface area contributed by atoms with E-state index in [1.165, 1.54) is 44.9 Å². The molecule has 93 valence electrons. The summed E-state index contributed by atoms with van der Waals surface area (Å²) in [6, 6.07) is 0. The van der Waals surface area contributed by atoms with Crippen LogP contribution in [-0.2, 0) is 4.57 Å². The summed E-state index contributed by atoms with van der Waals surface area (Å²) in [5.41, 5.74) is 0. The lowest BCUT2D eigenvalue weighted by molar-refractivity contribution is 0.376. The van der Waals surface area contributed by atoms with Crippen LogP contribution >= 0.6 is 0 Å². The molecule has 0 aliphatic rings. The van der Waals surface area contributed by atoms with Crippen molar-refractivity contribution in [3.05, 3.63) is 0 Å². The molecular formula is C11H25B2O3. The lowest BCUT2D eigenvalue weighted by atomic mass is 9.81. The average Bonchev–Trinajstić information content (AvgIpc) is 2.27. The summed E-state index contributed by atoms with van der Waals surface area (Å²) in [6.07, 6.45) is 12.0. The summed E-state index contributed by atoms with van der Waals surface area (Å²) in [7, 11) is -0.284. The van der Waals surface area contributed by atoms with Crippen molar-refractivity contribution in [1.29, 1.82) is 0 Å². The fourth-order valence-corrected chi connectivity index (χ4v) is 1.77. The SMILES string of the molecule is CCCCCCCCCCCB(O)O[B]O. The zero-order valence-corrected chi connectivity index (χ0v) is 10.5. The summed E-state index contributed by atoms with van der Waals surface area (Å²) in [4.78, 5) is 0. The number of hydrogen-bond acceptors (Lipinski definition) is 3. The summed E-state index contributed by atoms with van der Waals surface area (Å²) < 4.78 is 4.50. The van der Waals surface area contributed by atoms with Gasteiger partial charge in [0.1, 0.15) is 0 Å². The molecule has 0 atom stereocenters. The van der Waals surface area contributed by atoms with Crippen molar-refractivity contribution in [3.8, 4) is 0 Å². The van der Waals surface area contributed by atoms with Gasteiger partial charge in [0.05, 0.1) is 0 Å². The first kappa shape index (κ1) is 16.0. The Balaban J connectivity index is 2.98. The molecule has 0 rings (SSSR count). The highest BCUT2D eigenvalue weighted by Crippen LogP contribution is 2.11. The minimum Gasteiger partial charge on any atom is -0.453 e.